The highest BCUT2D eigenvalue weighted by molar-refractivity contribution is 5.97. The van der Waals surface area contributed by atoms with Crippen molar-refractivity contribution in [3.8, 4) is 5.75 Å². The molecule has 0 atom stereocenters. The van der Waals surface area contributed by atoms with Crippen LogP contribution < -0.4 is 25.2 Å². The summed E-state index contributed by atoms with van der Waals surface area (Å²) in [4.78, 5) is 41.3. The van der Waals surface area contributed by atoms with E-state index in [1.54, 1.807) is 37.4 Å². The topological polar surface area (TPSA) is 103 Å². The molecule has 2 N–H and O–H groups in total. The van der Waals surface area contributed by atoms with Crippen LogP contribution in [0.5, 0.6) is 5.75 Å². The quantitative estimate of drug-likeness (QED) is 0.521. The van der Waals surface area contributed by atoms with E-state index in [4.69, 9.17) is 9.72 Å². The number of anilines is 4. The summed E-state index contributed by atoms with van der Waals surface area (Å²) in [6, 6.07) is 5.41. The van der Waals surface area contributed by atoms with Gasteiger partial charge in [-0.25, -0.2) is 4.98 Å². The third kappa shape index (κ3) is 6.16. The van der Waals surface area contributed by atoms with Gasteiger partial charge in [0, 0.05) is 49.2 Å². The fourth-order valence-corrected chi connectivity index (χ4v) is 5.95. The van der Waals surface area contributed by atoms with Gasteiger partial charge in [0.1, 0.15) is 11.4 Å². The van der Waals surface area contributed by atoms with E-state index in [0.29, 0.717) is 47.5 Å². The molecule has 1 aromatic carbocycles. The van der Waals surface area contributed by atoms with Gasteiger partial charge in [-0.3, -0.25) is 14.5 Å². The number of nitrogens with one attached hydrogen (secondary N) is 2. The maximum atomic E-state index is 13.3. The molecule has 2 aromatic rings. The van der Waals surface area contributed by atoms with Gasteiger partial charge in [-0.15, -0.1) is 0 Å². The molecule has 3 heterocycles. The van der Waals surface area contributed by atoms with Crippen molar-refractivity contribution >= 4 is 35.0 Å². The Balaban J connectivity index is 1.54. The van der Waals surface area contributed by atoms with Crippen molar-refractivity contribution in [1.82, 2.24) is 20.2 Å². The predicted molar refractivity (Wildman–Crippen MR) is 160 cm³/mol. The Morgan fingerprint density at radius 3 is 2.45 bits per heavy atom. The predicted octanol–water partition coefficient (Wildman–Crippen LogP) is 4.44. The molecule has 0 saturated carbocycles. The standard InChI is InChI=1S/C30H45N7O3/c1-19(2)18-37-13-12-25(38)35(7)23-17-31-28(34-26(23)37)33-22-11-10-20(14-24(22)40-9)27(39)32-21-15-29(3,4)36(8)30(5,6)16-21/h10-11,14,17,19,21H,12-13,15-16,18H2,1-9H3,(H,32,39)(H,31,33,34). The lowest BCUT2D eigenvalue weighted by Crippen LogP contribution is -2.62. The Hall–Kier alpha value is -3.40. The van der Waals surface area contributed by atoms with Crippen molar-refractivity contribution in [2.75, 3.05) is 49.4 Å². The first-order chi connectivity index (χ1) is 18.7. The molecule has 40 heavy (non-hydrogen) atoms. The van der Waals surface area contributed by atoms with Crippen LogP contribution in [0.3, 0.4) is 0 Å². The molecule has 10 nitrogen and oxygen atoms in total. The molecule has 1 saturated heterocycles. The van der Waals surface area contributed by atoms with Crippen LogP contribution in [0.4, 0.5) is 23.1 Å². The van der Waals surface area contributed by atoms with Crippen molar-refractivity contribution in [3.63, 3.8) is 0 Å². The number of piperidine rings is 1. The summed E-state index contributed by atoms with van der Waals surface area (Å²) < 4.78 is 5.65. The second-order valence-electron chi connectivity index (χ2n) is 12.7. The highest BCUT2D eigenvalue weighted by atomic mass is 16.5. The second-order valence-corrected chi connectivity index (χ2v) is 12.7. The number of likely N-dealkylation sites (tertiary alicyclic amines) is 1. The van der Waals surface area contributed by atoms with Gasteiger partial charge >= 0.3 is 0 Å². The minimum atomic E-state index is -0.121. The number of hydrogen-bond acceptors (Lipinski definition) is 8. The van der Waals surface area contributed by atoms with E-state index in [-0.39, 0.29) is 28.9 Å². The number of rotatable bonds is 7. The molecule has 0 spiro atoms. The fraction of sp³-hybridized carbons (Fsp3) is 0.600. The number of nitrogens with zero attached hydrogens (tertiary/aromatic N) is 5. The lowest BCUT2D eigenvalue weighted by atomic mass is 9.77. The SMILES string of the molecule is COc1cc(C(=O)NC2CC(C)(C)N(C)C(C)(C)C2)ccc1Nc1ncc2c(n1)N(CC(C)C)CCC(=O)N2C. The molecule has 1 fully saturated rings. The molecule has 0 radical (unpaired) electrons. The summed E-state index contributed by atoms with van der Waals surface area (Å²) in [6.07, 6.45) is 3.85. The Morgan fingerprint density at radius 1 is 1.15 bits per heavy atom. The molecule has 0 unspecified atom stereocenters. The first-order valence-corrected chi connectivity index (χ1v) is 14.1. The van der Waals surface area contributed by atoms with Crippen LogP contribution in [0, 0.1) is 5.92 Å². The molecule has 218 valence electrons. The Kier molecular flexibility index (Phi) is 8.31. The zero-order valence-electron chi connectivity index (χ0n) is 25.5. The second kappa shape index (κ2) is 11.2. The van der Waals surface area contributed by atoms with Crippen LogP contribution in [-0.4, -0.2) is 78.1 Å². The van der Waals surface area contributed by atoms with Crippen LogP contribution in [-0.2, 0) is 4.79 Å². The Morgan fingerprint density at radius 2 is 1.82 bits per heavy atom. The maximum Gasteiger partial charge on any atom is 0.251 e. The lowest BCUT2D eigenvalue weighted by molar-refractivity contribution is -0.118. The molecule has 10 heteroatoms. The number of benzene rings is 1. The van der Waals surface area contributed by atoms with Crippen LogP contribution in [0.1, 0.15) is 71.2 Å². The summed E-state index contributed by atoms with van der Waals surface area (Å²) in [5, 5.41) is 6.50. The van der Waals surface area contributed by atoms with E-state index in [1.165, 1.54) is 0 Å². The van der Waals surface area contributed by atoms with Gasteiger partial charge in [0.25, 0.3) is 5.91 Å². The Labute approximate surface area is 238 Å². The summed E-state index contributed by atoms with van der Waals surface area (Å²) >= 11 is 0. The van der Waals surface area contributed by atoms with E-state index in [9.17, 15) is 9.59 Å². The number of carbonyl (C=O) groups is 2. The Bertz CT molecular complexity index is 1240. The number of aromatic nitrogens is 2. The van der Waals surface area contributed by atoms with Crippen molar-refractivity contribution in [2.24, 2.45) is 5.92 Å². The average molecular weight is 552 g/mol. The molecular weight excluding hydrogens is 506 g/mol. The van der Waals surface area contributed by atoms with E-state index >= 15 is 0 Å². The lowest BCUT2D eigenvalue weighted by Gasteiger charge is -2.53. The number of hydrogen-bond donors (Lipinski definition) is 2. The molecule has 2 aliphatic rings. The number of ether oxygens (including phenoxy) is 1. The number of methoxy groups -OCH3 is 1. The van der Waals surface area contributed by atoms with Crippen molar-refractivity contribution in [1.29, 1.82) is 0 Å². The minimum Gasteiger partial charge on any atom is -0.495 e. The number of carbonyl (C=O) groups excluding carboxylic acids is 2. The molecule has 2 amide bonds. The fourth-order valence-electron chi connectivity index (χ4n) is 5.95. The first-order valence-electron chi connectivity index (χ1n) is 14.1. The van der Waals surface area contributed by atoms with Gasteiger partial charge < -0.3 is 25.2 Å². The summed E-state index contributed by atoms with van der Waals surface area (Å²) in [7, 11) is 5.49. The molecule has 4 rings (SSSR count). The van der Waals surface area contributed by atoms with Crippen molar-refractivity contribution < 1.29 is 14.3 Å². The first kappa shape index (κ1) is 29.6. The molecule has 2 aliphatic heterocycles. The van der Waals surface area contributed by atoms with E-state index in [2.05, 4.69) is 74.0 Å². The van der Waals surface area contributed by atoms with Crippen molar-refractivity contribution in [3.05, 3.63) is 30.0 Å². The molecule has 1 aromatic heterocycles. The number of amides is 2. The molecule has 0 aliphatic carbocycles. The highest BCUT2D eigenvalue weighted by Gasteiger charge is 2.43. The van der Waals surface area contributed by atoms with Gasteiger partial charge in [-0.2, -0.15) is 4.98 Å². The monoisotopic (exact) mass is 551 g/mol. The van der Waals surface area contributed by atoms with Crippen molar-refractivity contribution in [2.45, 2.75) is 77.9 Å². The normalized spacial score (nSPS) is 19.3. The zero-order valence-corrected chi connectivity index (χ0v) is 25.5. The molecule has 0 bridgehead atoms. The number of fused-ring (bicyclic) bond motifs is 1. The van der Waals surface area contributed by atoms with E-state index in [1.807, 2.05) is 6.07 Å². The smallest absolute Gasteiger partial charge is 0.251 e. The van der Waals surface area contributed by atoms with Gasteiger partial charge in [0.2, 0.25) is 11.9 Å². The van der Waals surface area contributed by atoms with Crippen LogP contribution >= 0.6 is 0 Å². The molecular formula is C30H45N7O3. The third-order valence-electron chi connectivity index (χ3n) is 8.32. The van der Waals surface area contributed by atoms with E-state index < -0.39 is 0 Å². The largest absolute Gasteiger partial charge is 0.495 e. The third-order valence-corrected chi connectivity index (χ3v) is 8.32. The maximum absolute atomic E-state index is 13.3. The van der Waals surface area contributed by atoms with Crippen LogP contribution in [0.15, 0.2) is 24.4 Å². The van der Waals surface area contributed by atoms with E-state index in [0.717, 1.165) is 25.2 Å². The zero-order chi connectivity index (χ0) is 29.4. The highest BCUT2D eigenvalue weighted by Crippen LogP contribution is 2.37. The van der Waals surface area contributed by atoms with Gasteiger partial charge in [0.15, 0.2) is 5.82 Å². The summed E-state index contributed by atoms with van der Waals surface area (Å²) in [5.74, 6) is 1.95. The summed E-state index contributed by atoms with van der Waals surface area (Å²) in [5.41, 5.74) is 1.82. The minimum absolute atomic E-state index is 0.0219. The van der Waals surface area contributed by atoms with Crippen LogP contribution in [0.2, 0.25) is 0 Å². The van der Waals surface area contributed by atoms with Gasteiger partial charge in [0.05, 0.1) is 19.0 Å². The summed E-state index contributed by atoms with van der Waals surface area (Å²) in [6.45, 7) is 14.6. The van der Waals surface area contributed by atoms with Crippen LogP contribution in [0.25, 0.3) is 0 Å². The van der Waals surface area contributed by atoms with Gasteiger partial charge in [-0.05, 0) is 71.7 Å². The average Bonchev–Trinajstić information content (AvgIpc) is 2.98. The van der Waals surface area contributed by atoms with Gasteiger partial charge in [-0.1, -0.05) is 13.8 Å².